The van der Waals surface area contributed by atoms with Crippen LogP contribution in [0.3, 0.4) is 0 Å². The fourth-order valence-electron chi connectivity index (χ4n) is 3.20. The number of nitrogens with one attached hydrogen (secondary N) is 1. The van der Waals surface area contributed by atoms with E-state index in [2.05, 4.69) is 26.8 Å². The summed E-state index contributed by atoms with van der Waals surface area (Å²) in [6, 6.07) is 11.2. The van der Waals surface area contributed by atoms with Crippen molar-refractivity contribution in [2.45, 2.75) is 27.0 Å². The van der Waals surface area contributed by atoms with Gasteiger partial charge in [0.15, 0.2) is 0 Å². The van der Waals surface area contributed by atoms with E-state index in [0.717, 1.165) is 33.7 Å². The number of halogens is 1. The Morgan fingerprint density at radius 1 is 1.26 bits per heavy atom. The molecular weight excluding hydrogens is 436 g/mol. The molecule has 160 valence electrons. The number of anilines is 1. The first-order valence-corrected chi connectivity index (χ1v) is 10.9. The normalized spacial score (nSPS) is 11.0. The minimum Gasteiger partial charge on any atom is -0.496 e. The summed E-state index contributed by atoms with van der Waals surface area (Å²) in [6.07, 6.45) is 1.27. The Morgan fingerprint density at radius 2 is 2.10 bits per heavy atom. The van der Waals surface area contributed by atoms with Crippen molar-refractivity contribution in [3.05, 3.63) is 59.0 Å². The molecule has 0 aliphatic carbocycles. The lowest BCUT2D eigenvalue weighted by molar-refractivity contribution is 0.155. The zero-order chi connectivity index (χ0) is 22.0. The molecule has 4 rings (SSSR count). The number of rotatable bonds is 6. The molecule has 31 heavy (non-hydrogen) atoms. The van der Waals surface area contributed by atoms with E-state index in [0.29, 0.717) is 21.5 Å². The Morgan fingerprint density at radius 3 is 2.87 bits per heavy atom. The summed E-state index contributed by atoms with van der Waals surface area (Å²) in [5.74, 6) is 0.622. The minimum atomic E-state index is -0.541. The second kappa shape index (κ2) is 8.95. The zero-order valence-corrected chi connectivity index (χ0v) is 18.9. The number of fused-ring (bicyclic) bond motifs is 1. The van der Waals surface area contributed by atoms with Gasteiger partial charge in [-0.05, 0) is 49.7 Å². The lowest BCUT2D eigenvalue weighted by Gasteiger charge is -2.07. The highest BCUT2D eigenvalue weighted by Gasteiger charge is 2.16. The van der Waals surface area contributed by atoms with Crippen molar-refractivity contribution >= 4 is 45.1 Å². The predicted octanol–water partition coefficient (Wildman–Crippen LogP) is 5.90. The van der Waals surface area contributed by atoms with Crippen LogP contribution in [0.2, 0.25) is 5.02 Å². The topological polar surface area (TPSA) is 78.3 Å². The second-order valence-electron chi connectivity index (χ2n) is 6.83. The fraction of sp³-hybridized carbons (Fsp3) is 0.227. The molecule has 0 spiro atoms. The summed E-state index contributed by atoms with van der Waals surface area (Å²) in [7, 11) is 1.58. The SMILES string of the molecule is CCn1cnc2cc(COC(=O)Nc3sc(-c4ccc(Cl)cc4OC)nc3C)ccc21. The number of aryl methyl sites for hydroxylation is 2. The average molecular weight is 457 g/mol. The first-order chi connectivity index (χ1) is 15.0. The van der Waals surface area contributed by atoms with Crippen LogP contribution in [0.25, 0.3) is 21.6 Å². The van der Waals surface area contributed by atoms with Gasteiger partial charge in [0.05, 0.1) is 35.7 Å². The van der Waals surface area contributed by atoms with Crippen molar-refractivity contribution in [2.75, 3.05) is 12.4 Å². The van der Waals surface area contributed by atoms with Gasteiger partial charge in [-0.2, -0.15) is 0 Å². The molecule has 7 nitrogen and oxygen atoms in total. The van der Waals surface area contributed by atoms with Crippen molar-refractivity contribution in [3.63, 3.8) is 0 Å². The van der Waals surface area contributed by atoms with Gasteiger partial charge in [-0.1, -0.05) is 29.0 Å². The number of carbonyl (C=O) groups is 1. The number of methoxy groups -OCH3 is 1. The smallest absolute Gasteiger partial charge is 0.412 e. The lowest BCUT2D eigenvalue weighted by atomic mass is 10.2. The number of hydrogen-bond donors (Lipinski definition) is 1. The molecule has 9 heteroatoms. The second-order valence-corrected chi connectivity index (χ2v) is 8.27. The molecule has 4 aromatic rings. The fourth-order valence-corrected chi connectivity index (χ4v) is 4.34. The number of nitrogens with zero attached hydrogens (tertiary/aromatic N) is 3. The van der Waals surface area contributed by atoms with E-state index in [-0.39, 0.29) is 6.61 Å². The standard InChI is InChI=1S/C22H21ClN4O3S/c1-4-27-12-24-17-9-14(5-8-18(17)27)11-30-22(28)26-20-13(2)25-21(31-20)16-7-6-15(23)10-19(16)29-3/h5-10,12H,4,11H2,1-3H3,(H,26,28). The molecule has 2 aromatic carbocycles. The van der Waals surface area contributed by atoms with Gasteiger partial charge in [0, 0.05) is 11.6 Å². The predicted molar refractivity (Wildman–Crippen MR) is 123 cm³/mol. The van der Waals surface area contributed by atoms with Crippen LogP contribution in [-0.2, 0) is 17.9 Å². The highest BCUT2D eigenvalue weighted by Crippen LogP contribution is 2.38. The number of carbonyl (C=O) groups excluding carboxylic acids is 1. The molecule has 1 N–H and O–H groups in total. The number of aromatic nitrogens is 3. The van der Waals surface area contributed by atoms with Crippen LogP contribution in [0.5, 0.6) is 5.75 Å². The number of thiazole rings is 1. The number of imidazole rings is 1. The van der Waals surface area contributed by atoms with Crippen LogP contribution in [-0.4, -0.2) is 27.7 Å². The number of ether oxygens (including phenoxy) is 2. The van der Waals surface area contributed by atoms with Gasteiger partial charge in [-0.25, -0.2) is 14.8 Å². The first-order valence-electron chi connectivity index (χ1n) is 9.67. The monoisotopic (exact) mass is 456 g/mol. The molecule has 0 atom stereocenters. The summed E-state index contributed by atoms with van der Waals surface area (Å²) in [5, 5.41) is 4.70. The van der Waals surface area contributed by atoms with E-state index in [4.69, 9.17) is 21.1 Å². The van der Waals surface area contributed by atoms with Gasteiger partial charge in [-0.3, -0.25) is 5.32 Å². The Hall–Kier alpha value is -3.10. The van der Waals surface area contributed by atoms with Crippen LogP contribution in [0.1, 0.15) is 18.2 Å². The molecule has 0 bridgehead atoms. The van der Waals surface area contributed by atoms with Gasteiger partial charge in [0.2, 0.25) is 0 Å². The van der Waals surface area contributed by atoms with E-state index < -0.39 is 6.09 Å². The molecule has 2 aromatic heterocycles. The quantitative estimate of drug-likeness (QED) is 0.391. The maximum Gasteiger partial charge on any atom is 0.412 e. The van der Waals surface area contributed by atoms with Crippen LogP contribution >= 0.6 is 22.9 Å². The Kier molecular flexibility index (Phi) is 6.11. The van der Waals surface area contributed by atoms with Crippen molar-refractivity contribution in [1.82, 2.24) is 14.5 Å². The molecule has 2 heterocycles. The third kappa shape index (κ3) is 4.50. The molecule has 0 saturated carbocycles. The molecule has 1 amide bonds. The highest BCUT2D eigenvalue weighted by atomic mass is 35.5. The summed E-state index contributed by atoms with van der Waals surface area (Å²) in [6.45, 7) is 4.90. The third-order valence-electron chi connectivity index (χ3n) is 4.80. The first kappa shape index (κ1) is 21.1. The van der Waals surface area contributed by atoms with Gasteiger partial charge >= 0.3 is 6.09 Å². The van der Waals surface area contributed by atoms with E-state index >= 15 is 0 Å². The Labute approximate surface area is 188 Å². The van der Waals surface area contributed by atoms with Crippen molar-refractivity contribution < 1.29 is 14.3 Å². The van der Waals surface area contributed by atoms with Crippen LogP contribution in [0.4, 0.5) is 9.80 Å². The maximum atomic E-state index is 12.3. The summed E-state index contributed by atoms with van der Waals surface area (Å²) >= 11 is 7.38. The zero-order valence-electron chi connectivity index (χ0n) is 17.3. The third-order valence-corrected chi connectivity index (χ3v) is 6.14. The summed E-state index contributed by atoms with van der Waals surface area (Å²) in [5.41, 5.74) is 4.31. The molecule has 0 saturated heterocycles. The highest BCUT2D eigenvalue weighted by molar-refractivity contribution is 7.19. The minimum absolute atomic E-state index is 0.149. The average Bonchev–Trinajstić information content (AvgIpc) is 3.34. The lowest BCUT2D eigenvalue weighted by Crippen LogP contribution is -2.13. The van der Waals surface area contributed by atoms with Gasteiger partial charge in [-0.15, -0.1) is 0 Å². The summed E-state index contributed by atoms with van der Waals surface area (Å²) in [4.78, 5) is 21.3. The number of benzene rings is 2. The molecular formula is C22H21ClN4O3S. The Balaban J connectivity index is 1.43. The van der Waals surface area contributed by atoms with E-state index in [1.807, 2.05) is 37.5 Å². The van der Waals surface area contributed by atoms with Crippen LogP contribution < -0.4 is 10.1 Å². The van der Waals surface area contributed by atoms with E-state index in [1.54, 1.807) is 19.2 Å². The van der Waals surface area contributed by atoms with E-state index in [1.165, 1.54) is 11.3 Å². The van der Waals surface area contributed by atoms with Gasteiger partial charge < -0.3 is 14.0 Å². The number of hydrogen-bond acceptors (Lipinski definition) is 6. The Bertz CT molecular complexity index is 1250. The van der Waals surface area contributed by atoms with Crippen LogP contribution in [0.15, 0.2) is 42.7 Å². The van der Waals surface area contributed by atoms with Crippen LogP contribution in [0, 0.1) is 6.92 Å². The van der Waals surface area contributed by atoms with Crippen molar-refractivity contribution in [1.29, 1.82) is 0 Å². The molecule has 0 aliphatic rings. The molecule has 0 radical (unpaired) electrons. The van der Waals surface area contributed by atoms with E-state index in [9.17, 15) is 4.79 Å². The van der Waals surface area contributed by atoms with Gasteiger partial charge in [0.25, 0.3) is 0 Å². The maximum absolute atomic E-state index is 12.3. The molecule has 0 unspecified atom stereocenters. The van der Waals surface area contributed by atoms with Crippen molar-refractivity contribution in [2.24, 2.45) is 0 Å². The molecule has 0 fully saturated rings. The van der Waals surface area contributed by atoms with Gasteiger partial charge in [0.1, 0.15) is 22.4 Å². The number of amides is 1. The van der Waals surface area contributed by atoms with Crippen molar-refractivity contribution in [3.8, 4) is 16.3 Å². The summed E-state index contributed by atoms with van der Waals surface area (Å²) < 4.78 is 12.9. The molecule has 0 aliphatic heterocycles. The largest absolute Gasteiger partial charge is 0.496 e.